The van der Waals surface area contributed by atoms with Crippen molar-refractivity contribution >= 4 is 11.8 Å². The minimum atomic E-state index is -0.695. The maximum Gasteiger partial charge on any atom is 0.263 e. The molecule has 5 nitrogen and oxygen atoms in total. The molecule has 0 aromatic heterocycles. The summed E-state index contributed by atoms with van der Waals surface area (Å²) in [6.45, 7) is 4.68. The van der Waals surface area contributed by atoms with Crippen LogP contribution in [-0.4, -0.2) is 41.9 Å². The van der Waals surface area contributed by atoms with Crippen molar-refractivity contribution in [2.45, 2.75) is 38.8 Å². The average Bonchev–Trinajstić information content (AvgIpc) is 2.68. The Morgan fingerprint density at radius 1 is 1.14 bits per heavy atom. The molecule has 1 fully saturated rings. The van der Waals surface area contributed by atoms with Gasteiger partial charge in [-0.3, -0.25) is 9.59 Å². The van der Waals surface area contributed by atoms with Crippen LogP contribution < -0.4 is 10.1 Å². The summed E-state index contributed by atoms with van der Waals surface area (Å²) in [6, 6.07) is 13.3. The first-order chi connectivity index (χ1) is 13.4. The van der Waals surface area contributed by atoms with Gasteiger partial charge in [0.25, 0.3) is 11.8 Å². The molecular weight excluding hydrogens is 359 g/mol. The third kappa shape index (κ3) is 4.88. The molecule has 0 aliphatic carbocycles. The normalized spacial score (nSPS) is 15.8. The lowest BCUT2D eigenvalue weighted by atomic mass is 10.0. The predicted molar refractivity (Wildman–Crippen MR) is 105 cm³/mol. The van der Waals surface area contributed by atoms with Crippen LogP contribution in [0.15, 0.2) is 48.5 Å². The van der Waals surface area contributed by atoms with Crippen LogP contribution in [-0.2, 0) is 4.79 Å². The maximum absolute atomic E-state index is 13.3. The van der Waals surface area contributed by atoms with E-state index >= 15 is 0 Å². The molecule has 1 N–H and O–H groups in total. The summed E-state index contributed by atoms with van der Waals surface area (Å²) < 4.78 is 18.8. The van der Waals surface area contributed by atoms with E-state index in [1.807, 2.05) is 31.2 Å². The first-order valence-corrected chi connectivity index (χ1v) is 9.51. The SMILES string of the molecule is Cc1ccccc1C(=O)NC1CCN(C(=O)C(C)Oc2cccc(F)c2)CC1. The number of carbonyl (C=O) groups excluding carboxylic acids is 2. The number of rotatable bonds is 5. The number of nitrogens with one attached hydrogen (secondary N) is 1. The second-order valence-electron chi connectivity index (χ2n) is 7.11. The first kappa shape index (κ1) is 19.9. The van der Waals surface area contributed by atoms with Crippen LogP contribution in [0.5, 0.6) is 5.75 Å². The molecule has 2 aromatic rings. The lowest BCUT2D eigenvalue weighted by molar-refractivity contribution is -0.139. The second-order valence-corrected chi connectivity index (χ2v) is 7.11. The molecule has 0 spiro atoms. The van der Waals surface area contributed by atoms with Gasteiger partial charge >= 0.3 is 0 Å². The molecule has 6 heteroatoms. The Hall–Kier alpha value is -2.89. The van der Waals surface area contributed by atoms with Gasteiger partial charge in [-0.25, -0.2) is 4.39 Å². The topological polar surface area (TPSA) is 58.6 Å². The lowest BCUT2D eigenvalue weighted by Gasteiger charge is -2.34. The molecule has 0 bridgehead atoms. The van der Waals surface area contributed by atoms with Gasteiger partial charge in [-0.15, -0.1) is 0 Å². The van der Waals surface area contributed by atoms with E-state index in [1.165, 1.54) is 12.1 Å². The summed E-state index contributed by atoms with van der Waals surface area (Å²) in [5.74, 6) is -0.276. The number of nitrogens with zero attached hydrogens (tertiary/aromatic N) is 1. The number of hydrogen-bond donors (Lipinski definition) is 1. The third-order valence-electron chi connectivity index (χ3n) is 4.99. The second kappa shape index (κ2) is 8.87. The van der Waals surface area contributed by atoms with E-state index in [4.69, 9.17) is 4.74 Å². The predicted octanol–water partition coefficient (Wildman–Crippen LogP) is 3.32. The van der Waals surface area contributed by atoms with E-state index in [1.54, 1.807) is 24.0 Å². The largest absolute Gasteiger partial charge is 0.481 e. The van der Waals surface area contributed by atoms with Gasteiger partial charge in [0.1, 0.15) is 11.6 Å². The van der Waals surface area contributed by atoms with Crippen LogP contribution in [0, 0.1) is 12.7 Å². The average molecular weight is 384 g/mol. The highest BCUT2D eigenvalue weighted by molar-refractivity contribution is 5.95. The van der Waals surface area contributed by atoms with Crippen molar-refractivity contribution in [3.63, 3.8) is 0 Å². The molecule has 0 radical (unpaired) electrons. The van der Waals surface area contributed by atoms with Crippen molar-refractivity contribution in [1.29, 1.82) is 0 Å². The Bertz CT molecular complexity index is 847. The van der Waals surface area contributed by atoms with E-state index < -0.39 is 11.9 Å². The molecular formula is C22H25FN2O3. The Kier molecular flexibility index (Phi) is 6.29. The number of amides is 2. The minimum Gasteiger partial charge on any atom is -0.481 e. The van der Waals surface area contributed by atoms with E-state index in [2.05, 4.69) is 5.32 Å². The van der Waals surface area contributed by atoms with Crippen LogP contribution in [0.3, 0.4) is 0 Å². The molecule has 2 aromatic carbocycles. The maximum atomic E-state index is 13.3. The fourth-order valence-electron chi connectivity index (χ4n) is 3.39. The minimum absolute atomic E-state index is 0.0376. The molecule has 1 aliphatic rings. The molecule has 3 rings (SSSR count). The van der Waals surface area contributed by atoms with Gasteiger partial charge in [-0.05, 0) is 50.5 Å². The molecule has 1 saturated heterocycles. The molecule has 1 unspecified atom stereocenters. The van der Waals surface area contributed by atoms with Gasteiger partial charge < -0.3 is 15.0 Å². The third-order valence-corrected chi connectivity index (χ3v) is 4.99. The van der Waals surface area contributed by atoms with Crippen molar-refractivity contribution in [3.05, 3.63) is 65.5 Å². The molecule has 1 atom stereocenters. The number of benzene rings is 2. The van der Waals surface area contributed by atoms with Gasteiger partial charge in [-0.1, -0.05) is 24.3 Å². The van der Waals surface area contributed by atoms with Crippen molar-refractivity contribution in [3.8, 4) is 5.75 Å². The van der Waals surface area contributed by atoms with Crippen molar-refractivity contribution < 1.29 is 18.7 Å². The fraction of sp³-hybridized carbons (Fsp3) is 0.364. The summed E-state index contributed by atoms with van der Waals surface area (Å²) in [6.07, 6.45) is 0.687. The summed E-state index contributed by atoms with van der Waals surface area (Å²) in [7, 11) is 0. The van der Waals surface area contributed by atoms with Gasteiger partial charge in [0, 0.05) is 30.8 Å². The number of aryl methyl sites for hydroxylation is 1. The van der Waals surface area contributed by atoms with Crippen LogP contribution in [0.4, 0.5) is 4.39 Å². The zero-order chi connectivity index (χ0) is 20.1. The number of hydrogen-bond acceptors (Lipinski definition) is 3. The Balaban J connectivity index is 1.50. The van der Waals surface area contributed by atoms with E-state index in [0.717, 1.165) is 5.56 Å². The smallest absolute Gasteiger partial charge is 0.263 e. The molecule has 1 aliphatic heterocycles. The van der Waals surface area contributed by atoms with Crippen molar-refractivity contribution in [2.75, 3.05) is 13.1 Å². The molecule has 2 amide bonds. The van der Waals surface area contributed by atoms with E-state index in [0.29, 0.717) is 37.2 Å². The van der Waals surface area contributed by atoms with Gasteiger partial charge in [-0.2, -0.15) is 0 Å². The highest BCUT2D eigenvalue weighted by atomic mass is 19.1. The number of halogens is 1. The van der Waals surface area contributed by atoms with Crippen LogP contribution in [0.1, 0.15) is 35.7 Å². The zero-order valence-corrected chi connectivity index (χ0v) is 16.2. The van der Waals surface area contributed by atoms with E-state index in [9.17, 15) is 14.0 Å². The van der Waals surface area contributed by atoms with Crippen LogP contribution in [0.2, 0.25) is 0 Å². The quantitative estimate of drug-likeness (QED) is 0.860. The molecule has 28 heavy (non-hydrogen) atoms. The van der Waals surface area contributed by atoms with Crippen LogP contribution >= 0.6 is 0 Å². The van der Waals surface area contributed by atoms with Crippen molar-refractivity contribution in [2.24, 2.45) is 0 Å². The monoisotopic (exact) mass is 384 g/mol. The molecule has 0 saturated carbocycles. The van der Waals surface area contributed by atoms with Crippen LogP contribution in [0.25, 0.3) is 0 Å². The van der Waals surface area contributed by atoms with E-state index in [-0.39, 0.29) is 17.9 Å². The Morgan fingerprint density at radius 3 is 2.54 bits per heavy atom. The highest BCUT2D eigenvalue weighted by Crippen LogP contribution is 2.17. The first-order valence-electron chi connectivity index (χ1n) is 9.51. The van der Waals surface area contributed by atoms with Gasteiger partial charge in [0.15, 0.2) is 6.10 Å². The van der Waals surface area contributed by atoms with Gasteiger partial charge in [0.2, 0.25) is 0 Å². The fourth-order valence-corrected chi connectivity index (χ4v) is 3.39. The zero-order valence-electron chi connectivity index (χ0n) is 16.2. The molecule has 1 heterocycles. The summed E-state index contributed by atoms with van der Waals surface area (Å²) in [4.78, 5) is 26.8. The lowest BCUT2D eigenvalue weighted by Crippen LogP contribution is -2.49. The number of likely N-dealkylation sites (tertiary alicyclic amines) is 1. The summed E-state index contributed by atoms with van der Waals surface area (Å²) in [5, 5.41) is 3.06. The Morgan fingerprint density at radius 2 is 1.86 bits per heavy atom. The van der Waals surface area contributed by atoms with Gasteiger partial charge in [0.05, 0.1) is 0 Å². The van der Waals surface area contributed by atoms with Crippen molar-refractivity contribution in [1.82, 2.24) is 10.2 Å². The summed E-state index contributed by atoms with van der Waals surface area (Å²) >= 11 is 0. The Labute approximate surface area is 164 Å². The molecule has 148 valence electrons. The highest BCUT2D eigenvalue weighted by Gasteiger charge is 2.28. The standard InChI is InChI=1S/C22H25FN2O3/c1-15-6-3-4-9-20(15)21(26)24-18-10-12-25(13-11-18)22(27)16(2)28-19-8-5-7-17(23)14-19/h3-9,14,16,18H,10-13H2,1-2H3,(H,24,26). The number of carbonyl (C=O) groups is 2. The number of piperidine rings is 1. The summed E-state index contributed by atoms with van der Waals surface area (Å²) in [5.41, 5.74) is 1.62. The number of ether oxygens (including phenoxy) is 1.